The van der Waals surface area contributed by atoms with Crippen molar-refractivity contribution in [3.8, 4) is 0 Å². The number of esters is 3. The Bertz CT molecular complexity index is 1240. The third-order valence-electron chi connectivity index (χ3n) is 16.0. The summed E-state index contributed by atoms with van der Waals surface area (Å²) in [5.41, 5.74) is 0. The second-order valence-electron chi connectivity index (χ2n) is 23.8. The summed E-state index contributed by atoms with van der Waals surface area (Å²) in [6, 6.07) is 0. The molecular formula is C71H134O6. The van der Waals surface area contributed by atoms with E-state index in [0.29, 0.717) is 19.3 Å². The number of allylic oxidation sites excluding steroid dienone is 4. The molecule has 0 heterocycles. The number of hydrogen-bond donors (Lipinski definition) is 0. The smallest absolute Gasteiger partial charge is 0.306 e. The molecule has 6 nitrogen and oxygen atoms in total. The lowest BCUT2D eigenvalue weighted by Gasteiger charge is -2.18. The highest BCUT2D eigenvalue weighted by Crippen LogP contribution is 2.19. The standard InChI is InChI=1S/C71H134O6/c1-4-7-10-13-16-19-22-24-26-27-28-29-30-31-32-33-34-35-36-37-38-39-40-41-42-43-44-45-47-49-52-55-58-61-64-70(73)76-67-68(66-75-69(72)63-60-57-54-51-48-21-18-15-12-9-6-3)77-71(74)65-62-59-56-53-50-46-25-23-20-17-14-11-8-5-2/h14,17,23,25,68H,4-13,15-16,18-22,24,26-67H2,1-3H3/b17-14-,25-23-. The summed E-state index contributed by atoms with van der Waals surface area (Å²) in [6.45, 7) is 6.64. The van der Waals surface area contributed by atoms with Crippen LogP contribution in [0.3, 0.4) is 0 Å². The summed E-state index contributed by atoms with van der Waals surface area (Å²) in [5.74, 6) is -0.861. The molecule has 0 aliphatic rings. The third-order valence-corrected chi connectivity index (χ3v) is 16.0. The minimum absolute atomic E-state index is 0.0714. The average Bonchev–Trinajstić information content (AvgIpc) is 3.43. The summed E-state index contributed by atoms with van der Waals surface area (Å²) in [4.78, 5) is 38.2. The van der Waals surface area contributed by atoms with E-state index in [9.17, 15) is 14.4 Å². The molecule has 0 saturated carbocycles. The van der Waals surface area contributed by atoms with Crippen molar-refractivity contribution in [2.45, 2.75) is 399 Å². The Morgan fingerprint density at radius 2 is 0.481 bits per heavy atom. The van der Waals surface area contributed by atoms with Gasteiger partial charge < -0.3 is 14.2 Å². The predicted octanol–water partition coefficient (Wildman–Crippen LogP) is 23.8. The fourth-order valence-electron chi connectivity index (χ4n) is 10.7. The van der Waals surface area contributed by atoms with Crippen LogP contribution in [-0.4, -0.2) is 37.2 Å². The molecule has 0 rings (SSSR count). The van der Waals surface area contributed by atoms with Crippen molar-refractivity contribution in [3.05, 3.63) is 24.3 Å². The number of carbonyl (C=O) groups excluding carboxylic acids is 3. The van der Waals surface area contributed by atoms with Crippen LogP contribution < -0.4 is 0 Å². The van der Waals surface area contributed by atoms with Crippen LogP contribution in [0.2, 0.25) is 0 Å². The van der Waals surface area contributed by atoms with Gasteiger partial charge in [0.1, 0.15) is 13.2 Å². The van der Waals surface area contributed by atoms with E-state index in [1.807, 2.05) is 0 Å². The van der Waals surface area contributed by atoms with Gasteiger partial charge in [-0.25, -0.2) is 0 Å². The SMILES string of the molecule is CCCC/C=C\C/C=C\CCCCCCCC(=O)OC(COC(=O)CCCCCCCCCCCCC)COC(=O)CCCCCCCCCCCCCCCCCCCCCCCCCCCCCCCCCCCC. The fraction of sp³-hybridized carbons (Fsp3) is 0.901. The first-order valence-corrected chi connectivity index (χ1v) is 34.8. The Balaban J connectivity index is 3.99. The third kappa shape index (κ3) is 64.6. The lowest BCUT2D eigenvalue weighted by atomic mass is 10.0. The van der Waals surface area contributed by atoms with E-state index in [0.717, 1.165) is 83.5 Å². The molecule has 0 bridgehead atoms. The van der Waals surface area contributed by atoms with E-state index >= 15 is 0 Å². The molecule has 0 aromatic heterocycles. The number of unbranched alkanes of at least 4 members (excludes halogenated alkanes) is 50. The van der Waals surface area contributed by atoms with E-state index in [2.05, 4.69) is 45.1 Å². The fourth-order valence-corrected chi connectivity index (χ4v) is 10.7. The van der Waals surface area contributed by atoms with Gasteiger partial charge in [-0.3, -0.25) is 14.4 Å². The van der Waals surface area contributed by atoms with Crippen LogP contribution in [0.5, 0.6) is 0 Å². The van der Waals surface area contributed by atoms with Crippen molar-refractivity contribution in [2.75, 3.05) is 13.2 Å². The van der Waals surface area contributed by atoms with Crippen LogP contribution in [-0.2, 0) is 28.6 Å². The molecule has 0 saturated heterocycles. The average molecular weight is 1080 g/mol. The maximum atomic E-state index is 12.9. The van der Waals surface area contributed by atoms with Crippen molar-refractivity contribution < 1.29 is 28.6 Å². The molecule has 0 aliphatic carbocycles. The van der Waals surface area contributed by atoms with E-state index in [1.165, 1.54) is 270 Å². The van der Waals surface area contributed by atoms with Gasteiger partial charge in [-0.1, -0.05) is 353 Å². The Morgan fingerprint density at radius 3 is 0.753 bits per heavy atom. The minimum atomic E-state index is -0.774. The van der Waals surface area contributed by atoms with Crippen LogP contribution in [0.25, 0.3) is 0 Å². The Hall–Kier alpha value is -2.11. The monoisotopic (exact) mass is 1080 g/mol. The van der Waals surface area contributed by atoms with Crippen molar-refractivity contribution in [1.82, 2.24) is 0 Å². The number of rotatable bonds is 65. The van der Waals surface area contributed by atoms with Gasteiger partial charge in [0.2, 0.25) is 0 Å². The molecule has 0 radical (unpaired) electrons. The first kappa shape index (κ1) is 74.9. The lowest BCUT2D eigenvalue weighted by Crippen LogP contribution is -2.30. The van der Waals surface area contributed by atoms with Crippen LogP contribution in [0, 0.1) is 0 Å². The second-order valence-corrected chi connectivity index (χ2v) is 23.8. The van der Waals surface area contributed by atoms with Gasteiger partial charge in [0.25, 0.3) is 0 Å². The molecule has 6 heteroatoms. The van der Waals surface area contributed by atoms with Crippen molar-refractivity contribution in [3.63, 3.8) is 0 Å². The lowest BCUT2D eigenvalue weighted by molar-refractivity contribution is -0.167. The second kappa shape index (κ2) is 66.4. The van der Waals surface area contributed by atoms with Gasteiger partial charge in [0, 0.05) is 19.3 Å². The first-order chi connectivity index (χ1) is 38.0. The zero-order valence-corrected chi connectivity index (χ0v) is 52.3. The van der Waals surface area contributed by atoms with E-state index < -0.39 is 6.10 Å². The normalized spacial score (nSPS) is 12.1. The molecule has 0 aromatic carbocycles. The van der Waals surface area contributed by atoms with Crippen molar-refractivity contribution in [1.29, 1.82) is 0 Å². The zero-order chi connectivity index (χ0) is 55.7. The predicted molar refractivity (Wildman–Crippen MR) is 335 cm³/mol. The molecule has 0 aromatic rings. The molecular weight excluding hydrogens is 949 g/mol. The highest BCUT2D eigenvalue weighted by molar-refractivity contribution is 5.71. The quantitative estimate of drug-likeness (QED) is 0.0261. The molecule has 0 aliphatic heterocycles. The Labute approximate surface area is 481 Å². The first-order valence-electron chi connectivity index (χ1n) is 34.8. The maximum absolute atomic E-state index is 12.9. The van der Waals surface area contributed by atoms with E-state index in [1.54, 1.807) is 0 Å². The highest BCUT2D eigenvalue weighted by atomic mass is 16.6. The largest absolute Gasteiger partial charge is 0.462 e. The van der Waals surface area contributed by atoms with Crippen LogP contribution in [0.15, 0.2) is 24.3 Å². The summed E-state index contributed by atoms with van der Waals surface area (Å²) in [6.07, 6.45) is 80.9. The topological polar surface area (TPSA) is 78.9 Å². The van der Waals surface area contributed by atoms with Gasteiger partial charge in [-0.15, -0.1) is 0 Å². The molecule has 1 atom stereocenters. The minimum Gasteiger partial charge on any atom is -0.462 e. The van der Waals surface area contributed by atoms with Gasteiger partial charge in [-0.05, 0) is 44.9 Å². The number of ether oxygens (including phenoxy) is 3. The molecule has 454 valence electrons. The van der Waals surface area contributed by atoms with E-state index in [-0.39, 0.29) is 31.1 Å². The Kier molecular flexibility index (Phi) is 64.6. The van der Waals surface area contributed by atoms with Crippen LogP contribution >= 0.6 is 0 Å². The Morgan fingerprint density at radius 1 is 0.260 bits per heavy atom. The van der Waals surface area contributed by atoms with E-state index in [4.69, 9.17) is 14.2 Å². The van der Waals surface area contributed by atoms with Crippen molar-refractivity contribution >= 4 is 17.9 Å². The molecule has 0 amide bonds. The molecule has 0 spiro atoms. The maximum Gasteiger partial charge on any atom is 0.306 e. The van der Waals surface area contributed by atoms with Gasteiger partial charge in [0.15, 0.2) is 6.10 Å². The number of carbonyl (C=O) groups is 3. The molecule has 77 heavy (non-hydrogen) atoms. The summed E-state index contributed by atoms with van der Waals surface area (Å²) < 4.78 is 16.9. The summed E-state index contributed by atoms with van der Waals surface area (Å²) >= 11 is 0. The zero-order valence-electron chi connectivity index (χ0n) is 52.3. The van der Waals surface area contributed by atoms with Crippen LogP contribution in [0.4, 0.5) is 0 Å². The summed E-state index contributed by atoms with van der Waals surface area (Å²) in [7, 11) is 0. The highest BCUT2D eigenvalue weighted by Gasteiger charge is 2.19. The number of hydrogen-bond acceptors (Lipinski definition) is 6. The summed E-state index contributed by atoms with van der Waals surface area (Å²) in [5, 5.41) is 0. The molecule has 0 N–H and O–H groups in total. The van der Waals surface area contributed by atoms with Crippen molar-refractivity contribution in [2.24, 2.45) is 0 Å². The molecule has 1 unspecified atom stereocenters. The van der Waals surface area contributed by atoms with Gasteiger partial charge in [-0.2, -0.15) is 0 Å². The molecule has 0 fully saturated rings. The van der Waals surface area contributed by atoms with Gasteiger partial charge in [0.05, 0.1) is 0 Å². The van der Waals surface area contributed by atoms with Gasteiger partial charge >= 0.3 is 17.9 Å². The van der Waals surface area contributed by atoms with Crippen LogP contribution in [0.1, 0.15) is 393 Å².